The van der Waals surface area contributed by atoms with E-state index in [4.69, 9.17) is 19.2 Å². The number of nitrogens with zero attached hydrogens (tertiary/aromatic N) is 2. The van der Waals surface area contributed by atoms with E-state index >= 15 is 0 Å². The van der Waals surface area contributed by atoms with E-state index in [-0.39, 0.29) is 30.2 Å². The maximum atomic E-state index is 14.2. The molecule has 0 aliphatic carbocycles. The number of esters is 1. The van der Waals surface area contributed by atoms with Gasteiger partial charge < -0.3 is 14.2 Å². The van der Waals surface area contributed by atoms with Gasteiger partial charge in [-0.15, -0.1) is 0 Å². The van der Waals surface area contributed by atoms with Crippen LogP contribution in [0, 0.1) is 5.82 Å². The first-order valence-electron chi connectivity index (χ1n) is 14.4. The average Bonchev–Trinajstić information content (AvgIpc) is 3.38. The second-order valence-corrected chi connectivity index (χ2v) is 11.1. The van der Waals surface area contributed by atoms with Gasteiger partial charge in [-0.1, -0.05) is 96.3 Å². The highest BCUT2D eigenvalue weighted by Gasteiger charge is 2.35. The smallest absolute Gasteiger partial charge is 0.338 e. The van der Waals surface area contributed by atoms with Gasteiger partial charge in [0.1, 0.15) is 12.4 Å². The number of hydrogen-bond donors (Lipinski definition) is 0. The molecule has 0 radical (unpaired) electrons. The second kappa shape index (κ2) is 13.2. The van der Waals surface area contributed by atoms with Crippen molar-refractivity contribution in [3.63, 3.8) is 0 Å². The zero-order valence-electron chi connectivity index (χ0n) is 24.6. The Kier molecular flexibility index (Phi) is 8.70. The molecule has 0 amide bonds. The fourth-order valence-electron chi connectivity index (χ4n) is 5.23. The van der Waals surface area contributed by atoms with Crippen LogP contribution in [-0.2, 0) is 16.1 Å². The Balaban J connectivity index is 1.54. The molecule has 1 aliphatic heterocycles. The second-order valence-electron chi connectivity index (χ2n) is 10.1. The van der Waals surface area contributed by atoms with Crippen LogP contribution in [0.15, 0.2) is 118 Å². The van der Waals surface area contributed by atoms with Crippen molar-refractivity contribution < 1.29 is 23.4 Å². The maximum Gasteiger partial charge on any atom is 0.338 e. The Morgan fingerprint density at radius 1 is 0.956 bits per heavy atom. The number of carbonyl (C=O) groups is 1. The van der Waals surface area contributed by atoms with Crippen LogP contribution in [0.3, 0.4) is 0 Å². The Bertz CT molecular complexity index is 2050. The zero-order chi connectivity index (χ0) is 31.3. The summed E-state index contributed by atoms with van der Waals surface area (Å²) in [5.74, 6) is 0.0543. The largest absolute Gasteiger partial charge is 0.493 e. The molecule has 45 heavy (non-hydrogen) atoms. The standard InChI is InChI=1S/C36H29FN2O5S/c1-3-43-35(41)30-31(24-11-6-4-7-12-24)38-36-39(32(30)25-13-8-5-9-14-25)34(40)29(45-36)21-26-15-10-16-28(42-2)33(26)44-22-23-17-19-27(37)20-18-23/h4-21,32H,3,22H2,1-2H3/b29-21-/t32-/m1/s1. The van der Waals surface area contributed by atoms with Crippen LogP contribution in [-0.4, -0.2) is 24.3 Å². The van der Waals surface area contributed by atoms with Crippen molar-refractivity contribution in [2.24, 2.45) is 4.99 Å². The number of methoxy groups -OCH3 is 1. The highest BCUT2D eigenvalue weighted by Crippen LogP contribution is 2.35. The van der Waals surface area contributed by atoms with Gasteiger partial charge in [0, 0.05) is 11.1 Å². The molecule has 2 heterocycles. The van der Waals surface area contributed by atoms with Crippen LogP contribution >= 0.6 is 11.3 Å². The molecule has 4 aromatic carbocycles. The summed E-state index contributed by atoms with van der Waals surface area (Å²) < 4.78 is 32.7. The normalized spacial score (nSPS) is 14.5. The molecule has 0 saturated heterocycles. The predicted octanol–water partition coefficient (Wildman–Crippen LogP) is 5.66. The fraction of sp³-hybridized carbons (Fsp3) is 0.139. The minimum absolute atomic E-state index is 0.167. The van der Waals surface area contributed by atoms with Gasteiger partial charge in [0.2, 0.25) is 0 Å². The number of aromatic nitrogens is 1. The summed E-state index contributed by atoms with van der Waals surface area (Å²) in [6.07, 6.45) is 1.74. The van der Waals surface area contributed by atoms with Gasteiger partial charge in [-0.3, -0.25) is 9.36 Å². The van der Waals surface area contributed by atoms with E-state index in [1.807, 2.05) is 72.8 Å². The topological polar surface area (TPSA) is 79.1 Å². The zero-order valence-corrected chi connectivity index (χ0v) is 25.4. The molecular weight excluding hydrogens is 591 g/mol. The number of carbonyl (C=O) groups excluding carboxylic acids is 1. The molecule has 6 rings (SSSR count). The number of hydrogen-bond acceptors (Lipinski definition) is 7. The Morgan fingerprint density at radius 2 is 1.67 bits per heavy atom. The van der Waals surface area contributed by atoms with Crippen LogP contribution in [0.1, 0.15) is 35.2 Å². The molecule has 0 spiro atoms. The van der Waals surface area contributed by atoms with Gasteiger partial charge in [0.15, 0.2) is 16.3 Å². The van der Waals surface area contributed by atoms with Crippen LogP contribution in [0.4, 0.5) is 4.39 Å². The van der Waals surface area contributed by atoms with Crippen molar-refractivity contribution >= 4 is 29.1 Å². The van der Waals surface area contributed by atoms with Gasteiger partial charge in [-0.05, 0) is 42.3 Å². The Morgan fingerprint density at radius 3 is 2.36 bits per heavy atom. The predicted molar refractivity (Wildman–Crippen MR) is 171 cm³/mol. The van der Waals surface area contributed by atoms with Crippen LogP contribution < -0.4 is 24.4 Å². The number of thiazole rings is 1. The molecule has 7 nitrogen and oxygen atoms in total. The van der Waals surface area contributed by atoms with Crippen molar-refractivity contribution in [2.75, 3.05) is 13.7 Å². The fourth-order valence-corrected chi connectivity index (χ4v) is 6.22. The first kappa shape index (κ1) is 29.8. The first-order valence-corrected chi connectivity index (χ1v) is 15.2. The summed E-state index contributed by atoms with van der Waals surface area (Å²) in [4.78, 5) is 33.2. The van der Waals surface area contributed by atoms with E-state index in [0.717, 1.165) is 16.7 Å². The molecule has 9 heteroatoms. The van der Waals surface area contributed by atoms with Gasteiger partial charge in [-0.2, -0.15) is 0 Å². The third-order valence-electron chi connectivity index (χ3n) is 7.30. The van der Waals surface area contributed by atoms with Gasteiger partial charge in [0.05, 0.1) is 35.6 Å². The van der Waals surface area contributed by atoms with E-state index in [2.05, 4.69) is 0 Å². The molecule has 1 aliphatic rings. The molecule has 226 valence electrons. The number of ether oxygens (including phenoxy) is 3. The molecule has 5 aromatic rings. The van der Waals surface area contributed by atoms with Crippen molar-refractivity contribution in [3.05, 3.63) is 156 Å². The number of halogens is 1. The maximum absolute atomic E-state index is 14.2. The van der Waals surface area contributed by atoms with Crippen molar-refractivity contribution in [2.45, 2.75) is 19.6 Å². The summed E-state index contributed by atoms with van der Waals surface area (Å²) in [6.45, 7) is 2.09. The van der Waals surface area contributed by atoms with E-state index < -0.39 is 12.0 Å². The van der Waals surface area contributed by atoms with Crippen molar-refractivity contribution in [1.29, 1.82) is 0 Å². The minimum atomic E-state index is -0.765. The van der Waals surface area contributed by atoms with Gasteiger partial charge in [0.25, 0.3) is 5.56 Å². The van der Waals surface area contributed by atoms with Gasteiger partial charge in [-0.25, -0.2) is 14.2 Å². The number of benzene rings is 4. The van der Waals surface area contributed by atoms with Crippen LogP contribution in [0.25, 0.3) is 11.8 Å². The van der Waals surface area contributed by atoms with E-state index in [9.17, 15) is 14.0 Å². The molecule has 0 N–H and O–H groups in total. The van der Waals surface area contributed by atoms with Crippen LogP contribution in [0.5, 0.6) is 11.5 Å². The molecule has 0 unspecified atom stereocenters. The monoisotopic (exact) mass is 620 g/mol. The molecule has 0 bridgehead atoms. The lowest BCUT2D eigenvalue weighted by Crippen LogP contribution is -2.40. The van der Waals surface area contributed by atoms with Crippen molar-refractivity contribution in [1.82, 2.24) is 4.57 Å². The molecule has 0 fully saturated rings. The Hall–Kier alpha value is -5.28. The van der Waals surface area contributed by atoms with Gasteiger partial charge >= 0.3 is 5.97 Å². The molecule has 0 saturated carbocycles. The first-order chi connectivity index (χ1) is 22.0. The number of fused-ring (bicyclic) bond motifs is 1. The average molecular weight is 621 g/mol. The lowest BCUT2D eigenvalue weighted by molar-refractivity contribution is -0.138. The minimum Gasteiger partial charge on any atom is -0.493 e. The molecular formula is C36H29FN2O5S. The lowest BCUT2D eigenvalue weighted by atomic mass is 9.93. The summed E-state index contributed by atoms with van der Waals surface area (Å²) in [5, 5.41) is 0. The van der Waals surface area contributed by atoms with E-state index in [1.165, 1.54) is 23.5 Å². The van der Waals surface area contributed by atoms with E-state index in [1.54, 1.807) is 42.9 Å². The third kappa shape index (κ3) is 6.07. The summed E-state index contributed by atoms with van der Waals surface area (Å²) in [7, 11) is 1.54. The van der Waals surface area contributed by atoms with Crippen LogP contribution in [0.2, 0.25) is 0 Å². The summed E-state index contributed by atoms with van der Waals surface area (Å²) in [5.41, 5.74) is 3.32. The number of para-hydroxylation sites is 1. The molecule has 1 aromatic heterocycles. The summed E-state index contributed by atoms with van der Waals surface area (Å²) in [6, 6.07) is 29.5. The lowest BCUT2D eigenvalue weighted by Gasteiger charge is -2.25. The Labute approximate surface area is 262 Å². The highest BCUT2D eigenvalue weighted by atomic mass is 32.1. The summed E-state index contributed by atoms with van der Waals surface area (Å²) >= 11 is 1.22. The molecule has 1 atom stereocenters. The van der Waals surface area contributed by atoms with Crippen molar-refractivity contribution in [3.8, 4) is 11.5 Å². The van der Waals surface area contributed by atoms with E-state index in [0.29, 0.717) is 32.1 Å². The highest BCUT2D eigenvalue weighted by molar-refractivity contribution is 7.07. The third-order valence-corrected chi connectivity index (χ3v) is 8.28. The SMILES string of the molecule is CCOC(=O)C1=C(c2ccccc2)N=c2s/c(=C\c3cccc(OC)c3OCc3ccc(F)cc3)c(=O)n2[C@@H]1c1ccccc1. The quantitative estimate of drug-likeness (QED) is 0.199. The number of rotatable bonds is 9.